The Balaban J connectivity index is 2.59. The summed E-state index contributed by atoms with van der Waals surface area (Å²) in [6.07, 6.45) is 0. The average Bonchev–Trinajstić information content (AvgIpc) is 2.28. The first-order valence-corrected chi connectivity index (χ1v) is 5.57. The van der Waals surface area contributed by atoms with Crippen LogP contribution in [0.15, 0.2) is 42.4 Å². The molecule has 1 rings (SSSR count). The Hall–Kier alpha value is -1.23. The lowest BCUT2D eigenvalue weighted by atomic mass is 9.80. The monoisotopic (exact) mass is 242 g/mol. The summed E-state index contributed by atoms with van der Waals surface area (Å²) in [5.74, 6) is 0. The lowest BCUT2D eigenvalue weighted by Gasteiger charge is -2.26. The van der Waals surface area contributed by atoms with E-state index in [2.05, 4.69) is 6.58 Å². The molecular formula is C12H16BF3N-. The Bertz CT molecular complexity index is 362. The molecule has 0 aliphatic carbocycles. The van der Waals surface area contributed by atoms with E-state index in [1.165, 1.54) is 0 Å². The first-order chi connectivity index (χ1) is 7.93. The molecule has 0 atom stereocenters. The van der Waals surface area contributed by atoms with Crippen LogP contribution in [0.4, 0.5) is 12.9 Å². The van der Waals surface area contributed by atoms with Gasteiger partial charge in [0.15, 0.2) is 0 Å². The third kappa shape index (κ3) is 4.65. The van der Waals surface area contributed by atoms with Crippen LogP contribution >= 0.6 is 0 Å². The number of hydrogen-bond acceptors (Lipinski definition) is 1. The summed E-state index contributed by atoms with van der Waals surface area (Å²) in [5, 5.41) is 0. The molecule has 17 heavy (non-hydrogen) atoms. The van der Waals surface area contributed by atoms with Crippen LogP contribution in [0.5, 0.6) is 0 Å². The fraction of sp³-hybridized carbons (Fsp3) is 0.333. The lowest BCUT2D eigenvalue weighted by Crippen LogP contribution is -2.32. The summed E-state index contributed by atoms with van der Waals surface area (Å²) in [4.78, 5) is 1.73. The number of hydrogen-bond donors (Lipinski definition) is 0. The molecule has 1 nitrogen and oxygen atoms in total. The van der Waals surface area contributed by atoms with Crippen molar-refractivity contribution in [3.05, 3.63) is 47.9 Å². The molecule has 0 aliphatic rings. The van der Waals surface area contributed by atoms with Gasteiger partial charge in [0.1, 0.15) is 0 Å². The van der Waals surface area contributed by atoms with Crippen molar-refractivity contribution in [3.63, 3.8) is 0 Å². The highest BCUT2D eigenvalue weighted by molar-refractivity contribution is 6.66. The normalized spacial score (nSPS) is 11.8. The van der Waals surface area contributed by atoms with Crippen molar-refractivity contribution in [2.24, 2.45) is 0 Å². The van der Waals surface area contributed by atoms with E-state index in [1.54, 1.807) is 4.90 Å². The predicted octanol–water partition coefficient (Wildman–Crippen LogP) is 3.45. The molecule has 0 saturated heterocycles. The molecule has 0 radical (unpaired) electrons. The average molecular weight is 242 g/mol. The Kier molecular flexibility index (Phi) is 4.81. The van der Waals surface area contributed by atoms with Crippen LogP contribution in [0.3, 0.4) is 0 Å². The first-order valence-electron chi connectivity index (χ1n) is 5.57. The van der Waals surface area contributed by atoms with Gasteiger partial charge in [0.2, 0.25) is 0 Å². The molecule has 1 aromatic rings. The molecule has 0 aromatic heterocycles. The zero-order chi connectivity index (χ0) is 12.9. The second-order valence-corrected chi connectivity index (χ2v) is 4.02. The van der Waals surface area contributed by atoms with Crippen LogP contribution in [0.25, 0.3) is 0 Å². The molecule has 0 fully saturated rings. The van der Waals surface area contributed by atoms with E-state index in [9.17, 15) is 12.9 Å². The van der Waals surface area contributed by atoms with E-state index in [4.69, 9.17) is 0 Å². The van der Waals surface area contributed by atoms with Crippen LogP contribution in [0.1, 0.15) is 12.5 Å². The van der Waals surface area contributed by atoms with E-state index in [0.717, 1.165) is 5.56 Å². The molecule has 94 valence electrons. The number of likely N-dealkylation sites (N-methyl/N-ethyl adjacent to an activating group) is 1. The van der Waals surface area contributed by atoms with Crippen LogP contribution in [-0.2, 0) is 6.54 Å². The van der Waals surface area contributed by atoms with Crippen molar-refractivity contribution >= 4 is 6.98 Å². The number of halogens is 3. The largest absolute Gasteiger partial charge is 0.506 e. The van der Waals surface area contributed by atoms with Crippen molar-refractivity contribution in [3.8, 4) is 0 Å². The van der Waals surface area contributed by atoms with E-state index in [0.29, 0.717) is 13.1 Å². The van der Waals surface area contributed by atoms with E-state index in [1.807, 2.05) is 37.3 Å². The number of benzene rings is 1. The molecule has 0 unspecified atom stereocenters. The molecule has 0 spiro atoms. The first kappa shape index (κ1) is 13.8. The summed E-state index contributed by atoms with van der Waals surface area (Å²) < 4.78 is 37.3. The number of rotatable bonds is 6. The quantitative estimate of drug-likeness (QED) is 0.690. The molecule has 1 aromatic carbocycles. The minimum Gasteiger partial charge on any atom is -0.445 e. The van der Waals surface area contributed by atoms with Gasteiger partial charge in [-0.2, -0.15) is 0 Å². The zero-order valence-corrected chi connectivity index (χ0v) is 9.87. The van der Waals surface area contributed by atoms with E-state index < -0.39 is 12.4 Å². The van der Waals surface area contributed by atoms with Gasteiger partial charge in [-0.3, -0.25) is 4.90 Å². The zero-order valence-electron chi connectivity index (χ0n) is 9.87. The second-order valence-electron chi connectivity index (χ2n) is 4.02. The highest BCUT2D eigenvalue weighted by Gasteiger charge is 2.27. The van der Waals surface area contributed by atoms with Gasteiger partial charge in [-0.25, -0.2) is 0 Å². The molecule has 0 saturated carbocycles. The maximum Gasteiger partial charge on any atom is 0.506 e. The van der Waals surface area contributed by atoms with Gasteiger partial charge in [-0.05, 0) is 18.7 Å². The fourth-order valence-electron chi connectivity index (χ4n) is 1.51. The van der Waals surface area contributed by atoms with Gasteiger partial charge in [0, 0.05) is 6.54 Å². The second kappa shape index (κ2) is 5.91. The topological polar surface area (TPSA) is 3.24 Å². The standard InChI is InChI=1S/C12H16BF3N/c1-3-17(9-11(2)13(14,15)16)10-12-7-5-4-6-8-12/h4-8H,2-3,9-10H2,1H3/q-1. The maximum absolute atomic E-state index is 12.4. The third-order valence-corrected chi connectivity index (χ3v) is 2.59. The van der Waals surface area contributed by atoms with Gasteiger partial charge in [-0.15, -0.1) is 12.1 Å². The minimum absolute atomic E-state index is 0.116. The van der Waals surface area contributed by atoms with Crippen molar-refractivity contribution in [2.45, 2.75) is 13.5 Å². The van der Waals surface area contributed by atoms with E-state index >= 15 is 0 Å². The van der Waals surface area contributed by atoms with Crippen LogP contribution in [0, 0.1) is 0 Å². The van der Waals surface area contributed by atoms with Crippen molar-refractivity contribution in [1.82, 2.24) is 4.90 Å². The maximum atomic E-state index is 12.4. The van der Waals surface area contributed by atoms with Crippen LogP contribution in [0.2, 0.25) is 0 Å². The summed E-state index contributed by atoms with van der Waals surface area (Å²) >= 11 is 0. The Morgan fingerprint density at radius 1 is 1.24 bits per heavy atom. The van der Waals surface area contributed by atoms with Gasteiger partial charge >= 0.3 is 6.98 Å². The van der Waals surface area contributed by atoms with E-state index in [-0.39, 0.29) is 6.54 Å². The molecule has 0 N–H and O–H groups in total. The summed E-state index contributed by atoms with van der Waals surface area (Å²) in [5.41, 5.74) is 0.375. The smallest absolute Gasteiger partial charge is 0.445 e. The lowest BCUT2D eigenvalue weighted by molar-refractivity contribution is 0.302. The Labute approximate surface area is 100.0 Å². The van der Waals surface area contributed by atoms with Gasteiger partial charge < -0.3 is 12.9 Å². The summed E-state index contributed by atoms with van der Waals surface area (Å²) in [6, 6.07) is 9.46. The Morgan fingerprint density at radius 3 is 2.29 bits per heavy atom. The van der Waals surface area contributed by atoms with Gasteiger partial charge in [0.25, 0.3) is 0 Å². The third-order valence-electron chi connectivity index (χ3n) is 2.59. The molecule has 0 amide bonds. The van der Waals surface area contributed by atoms with Crippen molar-refractivity contribution in [1.29, 1.82) is 0 Å². The fourth-order valence-corrected chi connectivity index (χ4v) is 1.51. The molecule has 0 aliphatic heterocycles. The highest BCUT2D eigenvalue weighted by atomic mass is 19.4. The molecule has 0 bridgehead atoms. The van der Waals surface area contributed by atoms with Gasteiger partial charge in [-0.1, -0.05) is 37.3 Å². The highest BCUT2D eigenvalue weighted by Crippen LogP contribution is 2.19. The Morgan fingerprint density at radius 2 is 1.82 bits per heavy atom. The predicted molar refractivity (Wildman–Crippen MR) is 65.6 cm³/mol. The SMILES string of the molecule is C=C(CN(CC)Cc1ccccc1)[B-](F)(F)F. The van der Waals surface area contributed by atoms with Crippen molar-refractivity contribution in [2.75, 3.05) is 13.1 Å². The van der Waals surface area contributed by atoms with Crippen LogP contribution in [-0.4, -0.2) is 25.0 Å². The molecule has 0 heterocycles. The minimum atomic E-state index is -4.93. The summed E-state index contributed by atoms with van der Waals surface area (Å²) in [7, 11) is 0. The van der Waals surface area contributed by atoms with Crippen LogP contribution < -0.4 is 0 Å². The number of nitrogens with zero attached hydrogens (tertiary/aromatic N) is 1. The van der Waals surface area contributed by atoms with Gasteiger partial charge in [0.05, 0.1) is 0 Å². The summed E-state index contributed by atoms with van der Waals surface area (Å²) in [6.45, 7) is 1.01. The molecular weight excluding hydrogens is 226 g/mol. The van der Waals surface area contributed by atoms with Crippen molar-refractivity contribution < 1.29 is 12.9 Å². The molecule has 5 heteroatoms.